The minimum absolute atomic E-state index is 0.0276. The van der Waals surface area contributed by atoms with Crippen LogP contribution in [0.25, 0.3) is 0 Å². The monoisotopic (exact) mass is 469 g/mol. The van der Waals surface area contributed by atoms with E-state index in [9.17, 15) is 28.3 Å². The topological polar surface area (TPSA) is 101 Å². The highest BCUT2D eigenvalue weighted by molar-refractivity contribution is 5.99. The lowest BCUT2D eigenvalue weighted by Gasteiger charge is -2.36. The Hall–Kier alpha value is -3.79. The minimum Gasteiger partial charge on any atom is -0.503 e. The van der Waals surface area contributed by atoms with E-state index in [1.54, 1.807) is 4.90 Å². The Morgan fingerprint density at radius 3 is 2.79 bits per heavy atom. The highest BCUT2D eigenvalue weighted by atomic mass is 19.1. The number of hydrogen-bond donors (Lipinski definition) is 2. The zero-order valence-electron chi connectivity index (χ0n) is 17.9. The number of pyridine rings is 1. The highest BCUT2D eigenvalue weighted by Gasteiger charge is 2.46. The average molecular weight is 469 g/mol. The molecule has 10 heteroatoms. The smallest absolute Gasteiger partial charge is 0.276 e. The fourth-order valence-electron chi connectivity index (χ4n) is 4.63. The van der Waals surface area contributed by atoms with E-state index in [4.69, 9.17) is 4.74 Å². The number of aromatic hydroxyl groups is 1. The number of ether oxygens (including phenoxy) is 1. The van der Waals surface area contributed by atoms with Gasteiger partial charge in [0.1, 0.15) is 17.2 Å². The van der Waals surface area contributed by atoms with Crippen molar-refractivity contribution in [2.75, 3.05) is 6.61 Å². The largest absolute Gasteiger partial charge is 0.503 e. The lowest BCUT2D eigenvalue weighted by molar-refractivity contribution is 0.00448. The number of aromatic nitrogens is 1. The summed E-state index contributed by atoms with van der Waals surface area (Å²) in [4.78, 5) is 40.3. The van der Waals surface area contributed by atoms with Gasteiger partial charge in [-0.25, -0.2) is 8.78 Å². The van der Waals surface area contributed by atoms with E-state index in [2.05, 4.69) is 5.32 Å². The second kappa shape index (κ2) is 8.53. The molecule has 2 aliphatic heterocycles. The number of allylic oxidation sites excluding steroid dienone is 3. The molecule has 2 amide bonds. The van der Waals surface area contributed by atoms with Crippen molar-refractivity contribution < 1.29 is 28.2 Å². The maximum absolute atomic E-state index is 13.8. The van der Waals surface area contributed by atoms with Crippen LogP contribution in [-0.2, 0) is 17.8 Å². The minimum atomic E-state index is -1.01. The molecule has 3 aliphatic rings. The van der Waals surface area contributed by atoms with Crippen molar-refractivity contribution in [2.24, 2.45) is 5.92 Å². The summed E-state index contributed by atoms with van der Waals surface area (Å²) in [6.07, 6.45) is 9.19. The molecule has 0 saturated carbocycles. The van der Waals surface area contributed by atoms with Gasteiger partial charge in [0.25, 0.3) is 11.8 Å². The first-order chi connectivity index (χ1) is 16.3. The number of fused-ring (bicyclic) bond motifs is 2. The van der Waals surface area contributed by atoms with Gasteiger partial charge in [0, 0.05) is 30.3 Å². The fourth-order valence-corrected chi connectivity index (χ4v) is 4.63. The lowest BCUT2D eigenvalue weighted by atomic mass is 9.92. The Balaban J connectivity index is 1.40. The van der Waals surface area contributed by atoms with Crippen LogP contribution in [0.5, 0.6) is 5.75 Å². The van der Waals surface area contributed by atoms with Gasteiger partial charge in [-0.2, -0.15) is 0 Å². The Bertz CT molecular complexity index is 1300. The molecule has 5 rings (SSSR count). The van der Waals surface area contributed by atoms with Gasteiger partial charge < -0.3 is 24.6 Å². The van der Waals surface area contributed by atoms with Gasteiger partial charge in [0.05, 0.1) is 19.2 Å². The Morgan fingerprint density at radius 1 is 1.24 bits per heavy atom. The molecule has 3 heterocycles. The van der Waals surface area contributed by atoms with Crippen molar-refractivity contribution in [1.29, 1.82) is 0 Å². The summed E-state index contributed by atoms with van der Waals surface area (Å²) in [5.74, 6) is -3.77. The predicted octanol–water partition coefficient (Wildman–Crippen LogP) is 2.08. The van der Waals surface area contributed by atoms with E-state index in [0.717, 1.165) is 12.5 Å². The third-order valence-electron chi connectivity index (χ3n) is 6.38. The van der Waals surface area contributed by atoms with Crippen molar-refractivity contribution in [2.45, 2.75) is 31.8 Å². The maximum Gasteiger partial charge on any atom is 0.276 e. The first-order valence-corrected chi connectivity index (χ1v) is 10.8. The number of benzene rings is 1. The van der Waals surface area contributed by atoms with Gasteiger partial charge in [-0.3, -0.25) is 14.4 Å². The lowest BCUT2D eigenvalue weighted by Crippen LogP contribution is -2.51. The van der Waals surface area contributed by atoms with Crippen LogP contribution in [0.2, 0.25) is 0 Å². The molecule has 0 radical (unpaired) electrons. The van der Waals surface area contributed by atoms with Crippen molar-refractivity contribution >= 4 is 11.8 Å². The number of carbonyl (C=O) groups excluding carboxylic acids is 2. The summed E-state index contributed by atoms with van der Waals surface area (Å²) >= 11 is 0. The summed E-state index contributed by atoms with van der Waals surface area (Å²) in [6.45, 7) is 0.149. The zero-order chi connectivity index (χ0) is 24.0. The number of amides is 2. The van der Waals surface area contributed by atoms with Gasteiger partial charge in [0.15, 0.2) is 17.7 Å². The van der Waals surface area contributed by atoms with Crippen molar-refractivity contribution in [3.8, 4) is 5.75 Å². The normalized spacial score (nSPS) is 23.1. The summed E-state index contributed by atoms with van der Waals surface area (Å²) in [6, 6.07) is 2.68. The molecule has 1 aromatic heterocycles. The molecule has 1 aliphatic carbocycles. The second-order valence-electron chi connectivity index (χ2n) is 8.42. The molecule has 1 unspecified atom stereocenters. The van der Waals surface area contributed by atoms with E-state index in [0.29, 0.717) is 12.7 Å². The molecule has 3 atom stereocenters. The Morgan fingerprint density at radius 2 is 2.06 bits per heavy atom. The van der Waals surface area contributed by atoms with Crippen LogP contribution in [0.1, 0.15) is 32.8 Å². The number of nitrogens with one attached hydrogen (secondary N) is 1. The number of hydrogen-bond acceptors (Lipinski definition) is 5. The molecule has 1 fully saturated rings. The quantitative estimate of drug-likeness (QED) is 0.714. The van der Waals surface area contributed by atoms with Crippen LogP contribution >= 0.6 is 0 Å². The van der Waals surface area contributed by atoms with E-state index in [1.165, 1.54) is 16.8 Å². The molecule has 1 saturated heterocycles. The zero-order valence-corrected chi connectivity index (χ0v) is 17.9. The van der Waals surface area contributed by atoms with Crippen LogP contribution in [-0.4, -0.2) is 45.3 Å². The molecule has 0 bridgehead atoms. The Kier molecular flexibility index (Phi) is 5.52. The van der Waals surface area contributed by atoms with Crippen LogP contribution in [0.15, 0.2) is 53.5 Å². The molecule has 2 N–H and O–H groups in total. The summed E-state index contributed by atoms with van der Waals surface area (Å²) in [5.41, 5.74) is -1.58. The number of halogens is 2. The van der Waals surface area contributed by atoms with Crippen LogP contribution in [0.3, 0.4) is 0 Å². The van der Waals surface area contributed by atoms with E-state index in [-0.39, 0.29) is 36.3 Å². The number of rotatable bonds is 4. The summed E-state index contributed by atoms with van der Waals surface area (Å²) in [5, 5.41) is 13.0. The Labute approximate surface area is 192 Å². The number of carbonyl (C=O) groups is 2. The van der Waals surface area contributed by atoms with Crippen molar-refractivity contribution in [1.82, 2.24) is 14.8 Å². The van der Waals surface area contributed by atoms with Crippen LogP contribution < -0.4 is 10.7 Å². The molecular formula is C24H21F2N3O5. The SMILES string of the molecule is O=C(NCc1ccc(F)cc1F)c1cn2c(c(O)c1=O)C(=O)N1[C@@H](C3C=CC=CC3)CO[C@@H]1C2. The van der Waals surface area contributed by atoms with Crippen LogP contribution in [0.4, 0.5) is 8.78 Å². The second-order valence-corrected chi connectivity index (χ2v) is 8.42. The molecule has 34 heavy (non-hydrogen) atoms. The van der Waals surface area contributed by atoms with Crippen molar-refractivity contribution in [3.05, 3.63) is 87.4 Å². The van der Waals surface area contributed by atoms with Gasteiger partial charge in [-0.1, -0.05) is 30.4 Å². The fraction of sp³-hybridized carbons (Fsp3) is 0.292. The molecule has 0 spiro atoms. The summed E-state index contributed by atoms with van der Waals surface area (Å²) in [7, 11) is 0. The molecule has 1 aromatic carbocycles. The molecule has 8 nitrogen and oxygen atoms in total. The predicted molar refractivity (Wildman–Crippen MR) is 116 cm³/mol. The van der Waals surface area contributed by atoms with E-state index in [1.807, 2.05) is 24.3 Å². The van der Waals surface area contributed by atoms with E-state index >= 15 is 0 Å². The van der Waals surface area contributed by atoms with Crippen LogP contribution in [0, 0.1) is 17.6 Å². The van der Waals surface area contributed by atoms with Gasteiger partial charge in [-0.15, -0.1) is 0 Å². The maximum atomic E-state index is 13.8. The summed E-state index contributed by atoms with van der Waals surface area (Å²) < 4.78 is 34.1. The average Bonchev–Trinajstić information content (AvgIpc) is 3.25. The molecule has 2 aromatic rings. The third-order valence-corrected chi connectivity index (χ3v) is 6.38. The van der Waals surface area contributed by atoms with Gasteiger partial charge >= 0.3 is 0 Å². The van der Waals surface area contributed by atoms with E-state index < -0.39 is 46.4 Å². The molecule has 176 valence electrons. The number of nitrogens with zero attached hydrogens (tertiary/aromatic N) is 2. The third kappa shape index (κ3) is 3.69. The molecular weight excluding hydrogens is 448 g/mol. The first-order valence-electron chi connectivity index (χ1n) is 10.8. The van der Waals surface area contributed by atoms with Gasteiger partial charge in [0.2, 0.25) is 5.43 Å². The standard InChI is InChI=1S/C24H21F2N3O5/c25-15-7-6-14(17(26)8-15)9-27-23(32)16-10-28-11-19-29(24(33)20(28)22(31)21(16)30)18(12-34-19)13-4-2-1-3-5-13/h1-4,6-8,10,13,18-19,31H,5,9,11-12H2,(H,27,32)/t13?,18-,19-/m1/s1. The first kappa shape index (κ1) is 22.0. The van der Waals surface area contributed by atoms with Gasteiger partial charge in [-0.05, 0) is 12.5 Å². The van der Waals surface area contributed by atoms with Crippen molar-refractivity contribution in [3.63, 3.8) is 0 Å². The highest BCUT2D eigenvalue weighted by Crippen LogP contribution is 2.34.